The summed E-state index contributed by atoms with van der Waals surface area (Å²) in [7, 11) is 3.05. The lowest BCUT2D eigenvalue weighted by Crippen LogP contribution is -2.10. The Balaban J connectivity index is 3.29. The minimum absolute atomic E-state index is 0.858. The lowest BCUT2D eigenvalue weighted by atomic mass is 9.97. The standard InChI is InChI=1S/C13H29P/c1-4-6-7-8-9-11-13(14)12(3)10-5-2/h12-13H,4-11,14H2,1-3H3. The summed E-state index contributed by atoms with van der Waals surface area (Å²) < 4.78 is 0. The zero-order valence-corrected chi connectivity index (χ0v) is 11.5. The van der Waals surface area contributed by atoms with Crippen molar-refractivity contribution in [1.82, 2.24) is 0 Å². The Bertz CT molecular complexity index is 112. The van der Waals surface area contributed by atoms with Crippen molar-refractivity contribution in [3.8, 4) is 0 Å². The molecular formula is C13H29P. The summed E-state index contributed by atoms with van der Waals surface area (Å²) in [6.45, 7) is 6.96. The van der Waals surface area contributed by atoms with Crippen molar-refractivity contribution < 1.29 is 0 Å². The molecule has 3 unspecified atom stereocenters. The first kappa shape index (κ1) is 14.4. The van der Waals surface area contributed by atoms with E-state index >= 15 is 0 Å². The normalized spacial score (nSPS) is 15.4. The number of hydrogen-bond acceptors (Lipinski definition) is 0. The molecule has 0 spiro atoms. The monoisotopic (exact) mass is 216 g/mol. The summed E-state index contributed by atoms with van der Waals surface area (Å²) in [6, 6.07) is 0. The topological polar surface area (TPSA) is 0 Å². The van der Waals surface area contributed by atoms with Gasteiger partial charge in [0.15, 0.2) is 0 Å². The average Bonchev–Trinajstić information content (AvgIpc) is 2.17. The zero-order chi connectivity index (χ0) is 10.8. The third kappa shape index (κ3) is 7.80. The van der Waals surface area contributed by atoms with E-state index in [1.807, 2.05) is 0 Å². The van der Waals surface area contributed by atoms with E-state index in [0.717, 1.165) is 11.6 Å². The maximum Gasteiger partial charge on any atom is -0.0238 e. The molecule has 0 bridgehead atoms. The van der Waals surface area contributed by atoms with Gasteiger partial charge in [-0.1, -0.05) is 65.7 Å². The molecule has 0 aliphatic carbocycles. The van der Waals surface area contributed by atoms with Crippen LogP contribution in [-0.2, 0) is 0 Å². The maximum absolute atomic E-state index is 3.05. The SMILES string of the molecule is CCCCCCCC(P)C(C)CCC. The predicted molar refractivity (Wildman–Crippen MR) is 70.9 cm³/mol. The van der Waals surface area contributed by atoms with Gasteiger partial charge in [0.25, 0.3) is 0 Å². The molecule has 3 atom stereocenters. The van der Waals surface area contributed by atoms with Crippen molar-refractivity contribution in [3.63, 3.8) is 0 Å². The van der Waals surface area contributed by atoms with Crippen LogP contribution < -0.4 is 0 Å². The van der Waals surface area contributed by atoms with Gasteiger partial charge in [0.2, 0.25) is 0 Å². The van der Waals surface area contributed by atoms with Gasteiger partial charge in [0.1, 0.15) is 0 Å². The fourth-order valence-corrected chi connectivity index (χ4v) is 2.37. The minimum atomic E-state index is 0.858. The zero-order valence-electron chi connectivity index (χ0n) is 10.4. The number of unbranched alkanes of at least 4 members (excludes halogenated alkanes) is 4. The van der Waals surface area contributed by atoms with Crippen LogP contribution >= 0.6 is 9.24 Å². The first-order valence-electron chi connectivity index (χ1n) is 6.47. The van der Waals surface area contributed by atoms with Gasteiger partial charge in [-0.15, -0.1) is 9.24 Å². The largest absolute Gasteiger partial charge is 0.134 e. The highest BCUT2D eigenvalue weighted by atomic mass is 31.0. The fourth-order valence-electron chi connectivity index (χ4n) is 1.94. The van der Waals surface area contributed by atoms with Crippen LogP contribution in [0.2, 0.25) is 0 Å². The van der Waals surface area contributed by atoms with Crippen LogP contribution in [0.5, 0.6) is 0 Å². The van der Waals surface area contributed by atoms with Gasteiger partial charge >= 0.3 is 0 Å². The molecule has 0 aromatic carbocycles. The Morgan fingerprint density at radius 3 is 2.07 bits per heavy atom. The van der Waals surface area contributed by atoms with E-state index in [-0.39, 0.29) is 0 Å². The second-order valence-corrected chi connectivity index (χ2v) is 5.49. The molecule has 0 heterocycles. The van der Waals surface area contributed by atoms with Crippen LogP contribution in [-0.4, -0.2) is 5.66 Å². The molecule has 1 heteroatoms. The summed E-state index contributed by atoms with van der Waals surface area (Å²) in [5.41, 5.74) is 0.858. The van der Waals surface area contributed by atoms with E-state index in [0.29, 0.717) is 0 Å². The molecule has 0 nitrogen and oxygen atoms in total. The summed E-state index contributed by atoms with van der Waals surface area (Å²) >= 11 is 0. The van der Waals surface area contributed by atoms with Crippen molar-refractivity contribution in [1.29, 1.82) is 0 Å². The van der Waals surface area contributed by atoms with Crippen LogP contribution in [0, 0.1) is 5.92 Å². The highest BCUT2D eigenvalue weighted by Crippen LogP contribution is 2.23. The Labute approximate surface area is 93.4 Å². The molecule has 0 fully saturated rings. The van der Waals surface area contributed by atoms with Crippen molar-refractivity contribution in [2.75, 3.05) is 0 Å². The third-order valence-corrected chi connectivity index (χ3v) is 4.11. The minimum Gasteiger partial charge on any atom is -0.134 e. The van der Waals surface area contributed by atoms with Gasteiger partial charge < -0.3 is 0 Å². The summed E-state index contributed by atoms with van der Waals surface area (Å²) in [5, 5.41) is 0. The highest BCUT2D eigenvalue weighted by molar-refractivity contribution is 7.17. The van der Waals surface area contributed by atoms with Gasteiger partial charge in [0.05, 0.1) is 0 Å². The van der Waals surface area contributed by atoms with Crippen LogP contribution in [0.3, 0.4) is 0 Å². The number of hydrogen-bond donors (Lipinski definition) is 0. The van der Waals surface area contributed by atoms with E-state index in [1.165, 1.54) is 51.4 Å². The van der Waals surface area contributed by atoms with E-state index in [9.17, 15) is 0 Å². The predicted octanol–water partition coefficient (Wildman–Crippen LogP) is 5.03. The summed E-state index contributed by atoms with van der Waals surface area (Å²) in [5.74, 6) is 0.899. The second-order valence-electron chi connectivity index (χ2n) is 4.63. The molecular weight excluding hydrogens is 187 g/mol. The lowest BCUT2D eigenvalue weighted by Gasteiger charge is -2.18. The first-order chi connectivity index (χ1) is 6.72. The molecule has 86 valence electrons. The second kappa shape index (κ2) is 9.97. The quantitative estimate of drug-likeness (QED) is 0.375. The Kier molecular flexibility index (Phi) is 10.3. The number of rotatable bonds is 9. The van der Waals surface area contributed by atoms with Crippen molar-refractivity contribution in [2.45, 2.75) is 77.8 Å². The Morgan fingerprint density at radius 1 is 0.857 bits per heavy atom. The molecule has 0 aliphatic rings. The maximum atomic E-state index is 3.05. The molecule has 0 radical (unpaired) electrons. The van der Waals surface area contributed by atoms with Gasteiger partial charge in [-0.05, 0) is 18.0 Å². The summed E-state index contributed by atoms with van der Waals surface area (Å²) in [6.07, 6.45) is 11.2. The Morgan fingerprint density at radius 2 is 1.50 bits per heavy atom. The van der Waals surface area contributed by atoms with Crippen molar-refractivity contribution in [2.24, 2.45) is 5.92 Å². The molecule has 0 aliphatic heterocycles. The first-order valence-corrected chi connectivity index (χ1v) is 7.14. The highest BCUT2D eigenvalue weighted by Gasteiger charge is 2.10. The molecule has 0 amide bonds. The van der Waals surface area contributed by atoms with Crippen LogP contribution in [0.25, 0.3) is 0 Å². The van der Waals surface area contributed by atoms with Gasteiger partial charge in [-0.2, -0.15) is 0 Å². The van der Waals surface area contributed by atoms with Gasteiger partial charge in [-0.25, -0.2) is 0 Å². The van der Waals surface area contributed by atoms with Crippen LogP contribution in [0.4, 0.5) is 0 Å². The van der Waals surface area contributed by atoms with E-state index in [1.54, 1.807) is 0 Å². The van der Waals surface area contributed by atoms with Crippen LogP contribution in [0.1, 0.15) is 72.1 Å². The van der Waals surface area contributed by atoms with Crippen molar-refractivity contribution in [3.05, 3.63) is 0 Å². The average molecular weight is 216 g/mol. The van der Waals surface area contributed by atoms with Crippen molar-refractivity contribution >= 4 is 9.24 Å². The smallest absolute Gasteiger partial charge is 0.0238 e. The molecule has 0 rings (SSSR count). The molecule has 0 aromatic heterocycles. The molecule has 14 heavy (non-hydrogen) atoms. The third-order valence-electron chi connectivity index (χ3n) is 3.12. The van der Waals surface area contributed by atoms with Gasteiger partial charge in [0, 0.05) is 0 Å². The molecule has 0 N–H and O–H groups in total. The van der Waals surface area contributed by atoms with E-state index in [2.05, 4.69) is 30.0 Å². The van der Waals surface area contributed by atoms with E-state index < -0.39 is 0 Å². The van der Waals surface area contributed by atoms with Gasteiger partial charge in [-0.3, -0.25) is 0 Å². The Hall–Kier alpha value is 0.430. The molecule has 0 aromatic rings. The molecule has 0 saturated carbocycles. The molecule has 0 saturated heterocycles. The van der Waals surface area contributed by atoms with Crippen LogP contribution in [0.15, 0.2) is 0 Å². The van der Waals surface area contributed by atoms with E-state index in [4.69, 9.17) is 0 Å². The fraction of sp³-hybridized carbons (Fsp3) is 1.00. The summed E-state index contributed by atoms with van der Waals surface area (Å²) in [4.78, 5) is 0. The lowest BCUT2D eigenvalue weighted by molar-refractivity contribution is 0.464.